The zero-order chi connectivity index (χ0) is 18.7. The number of amides is 1. The molecule has 1 aliphatic rings. The van der Waals surface area contributed by atoms with Gasteiger partial charge in [0.15, 0.2) is 0 Å². The molecule has 1 aromatic carbocycles. The summed E-state index contributed by atoms with van der Waals surface area (Å²) in [6.07, 6.45) is 1.51. The van der Waals surface area contributed by atoms with Crippen LogP contribution in [0.15, 0.2) is 24.3 Å². The zero-order valence-electron chi connectivity index (χ0n) is 15.4. The van der Waals surface area contributed by atoms with E-state index >= 15 is 0 Å². The molecule has 1 atom stereocenters. The molecule has 2 aromatic rings. The van der Waals surface area contributed by atoms with E-state index in [9.17, 15) is 9.59 Å². The highest BCUT2D eigenvalue weighted by Gasteiger charge is 2.31. The minimum absolute atomic E-state index is 0.162. The Morgan fingerprint density at radius 3 is 2.77 bits per heavy atom. The maximum Gasteiger partial charge on any atom is 0.310 e. The van der Waals surface area contributed by atoms with E-state index in [4.69, 9.17) is 4.74 Å². The number of piperidine rings is 1. The molecule has 1 amide bonds. The van der Waals surface area contributed by atoms with E-state index < -0.39 is 0 Å². The summed E-state index contributed by atoms with van der Waals surface area (Å²) in [4.78, 5) is 30.8. The molecule has 0 bridgehead atoms. The fourth-order valence-electron chi connectivity index (χ4n) is 3.27. The number of ether oxygens (including phenoxy) is 1. The zero-order valence-corrected chi connectivity index (χ0v) is 15.4. The Morgan fingerprint density at radius 1 is 1.27 bits per heavy atom. The van der Waals surface area contributed by atoms with E-state index in [2.05, 4.69) is 10.1 Å². The molecule has 26 heavy (non-hydrogen) atoms. The van der Waals surface area contributed by atoms with Gasteiger partial charge >= 0.3 is 5.97 Å². The van der Waals surface area contributed by atoms with Gasteiger partial charge in [-0.1, -0.05) is 18.2 Å². The van der Waals surface area contributed by atoms with Gasteiger partial charge in [-0.25, -0.2) is 9.67 Å². The number of esters is 1. The van der Waals surface area contributed by atoms with Gasteiger partial charge in [-0.3, -0.25) is 9.59 Å². The van der Waals surface area contributed by atoms with Crippen LogP contribution in [0.5, 0.6) is 0 Å². The first-order valence-corrected chi connectivity index (χ1v) is 8.96. The lowest BCUT2D eigenvalue weighted by atomic mass is 9.98. The van der Waals surface area contributed by atoms with Crippen molar-refractivity contribution in [1.29, 1.82) is 0 Å². The van der Waals surface area contributed by atoms with Crippen LogP contribution in [-0.2, 0) is 9.53 Å². The van der Waals surface area contributed by atoms with Gasteiger partial charge in [0.1, 0.15) is 5.82 Å². The molecule has 0 radical (unpaired) electrons. The summed E-state index contributed by atoms with van der Waals surface area (Å²) in [6.45, 7) is 6.92. The lowest BCUT2D eigenvalue weighted by Crippen LogP contribution is -2.43. The van der Waals surface area contributed by atoms with Gasteiger partial charge in [-0.15, -0.1) is 5.10 Å². The van der Waals surface area contributed by atoms with Crippen LogP contribution in [-0.4, -0.2) is 51.2 Å². The smallest absolute Gasteiger partial charge is 0.310 e. The first-order valence-electron chi connectivity index (χ1n) is 8.96. The predicted octanol–water partition coefficient (Wildman–Crippen LogP) is 2.30. The van der Waals surface area contributed by atoms with Gasteiger partial charge in [0.25, 0.3) is 5.91 Å². The molecule has 3 rings (SSSR count). The molecule has 0 spiro atoms. The minimum Gasteiger partial charge on any atom is -0.466 e. The monoisotopic (exact) mass is 356 g/mol. The van der Waals surface area contributed by atoms with Gasteiger partial charge in [-0.05, 0) is 45.2 Å². The summed E-state index contributed by atoms with van der Waals surface area (Å²) in [7, 11) is 0. The molecule has 0 aliphatic carbocycles. The van der Waals surface area contributed by atoms with Crippen LogP contribution >= 0.6 is 0 Å². The number of rotatable bonds is 4. The maximum atomic E-state index is 12.8. The summed E-state index contributed by atoms with van der Waals surface area (Å²) in [5, 5.41) is 4.42. The second-order valence-electron chi connectivity index (χ2n) is 6.52. The lowest BCUT2D eigenvalue weighted by Gasteiger charge is -2.30. The van der Waals surface area contributed by atoms with Crippen LogP contribution in [0.2, 0.25) is 0 Å². The summed E-state index contributed by atoms with van der Waals surface area (Å²) in [5.74, 6) is 0.0677. The van der Waals surface area contributed by atoms with Crippen LogP contribution in [0.4, 0.5) is 0 Å². The van der Waals surface area contributed by atoms with Crippen molar-refractivity contribution < 1.29 is 14.3 Å². The Hall–Kier alpha value is -2.70. The van der Waals surface area contributed by atoms with Gasteiger partial charge in [0.2, 0.25) is 5.82 Å². The molecular weight excluding hydrogens is 332 g/mol. The molecule has 0 saturated carbocycles. The number of para-hydroxylation sites is 1. The van der Waals surface area contributed by atoms with E-state index in [1.165, 1.54) is 0 Å². The number of carbonyl (C=O) groups is 2. The fourth-order valence-corrected chi connectivity index (χ4v) is 3.27. The predicted molar refractivity (Wildman–Crippen MR) is 96.1 cm³/mol. The number of benzene rings is 1. The van der Waals surface area contributed by atoms with Gasteiger partial charge in [0.05, 0.1) is 18.2 Å². The standard InChI is InChI=1S/C19H24N4O3/c1-4-26-19(25)15-9-7-11-22(12-15)18(24)17-20-14(3)23(21-17)16-10-6-5-8-13(16)2/h5-6,8,10,15H,4,7,9,11-12H2,1-3H3. The molecule has 0 N–H and O–H groups in total. The Balaban J connectivity index is 1.79. The number of aromatic nitrogens is 3. The largest absolute Gasteiger partial charge is 0.466 e. The summed E-state index contributed by atoms with van der Waals surface area (Å²) >= 11 is 0. The average Bonchev–Trinajstić information content (AvgIpc) is 3.03. The lowest BCUT2D eigenvalue weighted by molar-refractivity contribution is -0.149. The van der Waals surface area contributed by atoms with Crippen molar-refractivity contribution in [2.75, 3.05) is 19.7 Å². The maximum absolute atomic E-state index is 12.8. The van der Waals surface area contributed by atoms with E-state index in [0.717, 1.165) is 24.1 Å². The molecule has 1 saturated heterocycles. The first kappa shape index (κ1) is 18.1. The fraction of sp³-hybridized carbons (Fsp3) is 0.474. The highest BCUT2D eigenvalue weighted by Crippen LogP contribution is 2.20. The number of carbonyl (C=O) groups excluding carboxylic acids is 2. The van der Waals surface area contributed by atoms with Crippen LogP contribution in [0.3, 0.4) is 0 Å². The molecular formula is C19H24N4O3. The van der Waals surface area contributed by atoms with Gasteiger partial charge in [0, 0.05) is 13.1 Å². The Bertz CT molecular complexity index is 815. The molecule has 2 heterocycles. The molecule has 138 valence electrons. The molecule has 1 aliphatic heterocycles. The minimum atomic E-state index is -0.271. The van der Waals surface area contributed by atoms with Crippen molar-refractivity contribution in [2.24, 2.45) is 5.92 Å². The third kappa shape index (κ3) is 3.61. The molecule has 7 nitrogen and oxygen atoms in total. The number of hydrogen-bond donors (Lipinski definition) is 0. The summed E-state index contributed by atoms with van der Waals surface area (Å²) in [6, 6.07) is 7.83. The van der Waals surface area contributed by atoms with Crippen LogP contribution in [0.25, 0.3) is 5.69 Å². The number of likely N-dealkylation sites (tertiary alicyclic amines) is 1. The van der Waals surface area contributed by atoms with Crippen molar-refractivity contribution in [1.82, 2.24) is 19.7 Å². The van der Waals surface area contributed by atoms with Crippen molar-refractivity contribution in [2.45, 2.75) is 33.6 Å². The Kier molecular flexibility index (Phi) is 5.35. The average molecular weight is 356 g/mol. The summed E-state index contributed by atoms with van der Waals surface area (Å²) < 4.78 is 6.79. The van der Waals surface area contributed by atoms with E-state index in [0.29, 0.717) is 25.5 Å². The second kappa shape index (κ2) is 7.68. The SMILES string of the molecule is CCOC(=O)C1CCCN(C(=O)c2nc(C)n(-c3ccccc3C)n2)C1. The molecule has 1 aromatic heterocycles. The topological polar surface area (TPSA) is 77.3 Å². The van der Waals surface area contributed by atoms with E-state index in [-0.39, 0.29) is 23.6 Å². The third-order valence-corrected chi connectivity index (χ3v) is 4.63. The molecule has 7 heteroatoms. The highest BCUT2D eigenvalue weighted by molar-refractivity contribution is 5.91. The van der Waals surface area contributed by atoms with Gasteiger partial charge < -0.3 is 9.64 Å². The molecule has 1 unspecified atom stereocenters. The number of nitrogens with zero attached hydrogens (tertiary/aromatic N) is 4. The summed E-state index contributed by atoms with van der Waals surface area (Å²) in [5.41, 5.74) is 1.96. The van der Waals surface area contributed by atoms with Gasteiger partial charge in [-0.2, -0.15) is 0 Å². The van der Waals surface area contributed by atoms with Crippen molar-refractivity contribution in [3.63, 3.8) is 0 Å². The first-order chi connectivity index (χ1) is 12.5. The highest BCUT2D eigenvalue weighted by atomic mass is 16.5. The van der Waals surface area contributed by atoms with Crippen molar-refractivity contribution >= 4 is 11.9 Å². The Morgan fingerprint density at radius 2 is 2.04 bits per heavy atom. The number of hydrogen-bond acceptors (Lipinski definition) is 5. The van der Waals surface area contributed by atoms with E-state index in [1.807, 2.05) is 38.1 Å². The van der Waals surface area contributed by atoms with Crippen molar-refractivity contribution in [3.8, 4) is 5.69 Å². The van der Waals surface area contributed by atoms with Crippen molar-refractivity contribution in [3.05, 3.63) is 41.5 Å². The quantitative estimate of drug-likeness (QED) is 0.786. The Labute approximate surface area is 153 Å². The third-order valence-electron chi connectivity index (χ3n) is 4.63. The van der Waals surface area contributed by atoms with Crippen LogP contribution < -0.4 is 0 Å². The normalized spacial score (nSPS) is 17.2. The second-order valence-corrected chi connectivity index (χ2v) is 6.52. The number of aryl methyl sites for hydroxylation is 2. The van der Waals surface area contributed by atoms with E-state index in [1.54, 1.807) is 16.5 Å². The van der Waals surface area contributed by atoms with Crippen LogP contribution in [0, 0.1) is 19.8 Å². The van der Waals surface area contributed by atoms with Crippen LogP contribution in [0.1, 0.15) is 41.8 Å². The molecule has 1 fully saturated rings.